The second-order valence-electron chi connectivity index (χ2n) is 5.85. The number of ether oxygens (including phenoxy) is 1. The number of nitrogens with one attached hydrogen (secondary N) is 2. The molecule has 0 aliphatic carbocycles. The minimum absolute atomic E-state index is 0.170. The molecule has 1 amide bonds. The van der Waals surface area contributed by atoms with E-state index in [1.807, 2.05) is 25.1 Å². The molecule has 0 fully saturated rings. The van der Waals surface area contributed by atoms with Crippen LogP contribution in [0.1, 0.15) is 19.4 Å². The average Bonchev–Trinajstić information content (AvgIpc) is 3.25. The van der Waals surface area contributed by atoms with E-state index in [9.17, 15) is 9.59 Å². The summed E-state index contributed by atoms with van der Waals surface area (Å²) in [5.41, 5.74) is 0.932. The molecule has 0 spiro atoms. The zero-order valence-electron chi connectivity index (χ0n) is 14.1. The van der Waals surface area contributed by atoms with Crippen LogP contribution in [0.5, 0.6) is 5.75 Å². The highest BCUT2D eigenvalue weighted by Gasteiger charge is 2.29. The Labute approximate surface area is 153 Å². The van der Waals surface area contributed by atoms with Crippen LogP contribution in [-0.2, 0) is 4.79 Å². The zero-order valence-corrected chi connectivity index (χ0v) is 14.9. The van der Waals surface area contributed by atoms with E-state index in [1.165, 1.54) is 18.0 Å². The van der Waals surface area contributed by atoms with E-state index in [4.69, 9.17) is 4.74 Å². The van der Waals surface area contributed by atoms with Gasteiger partial charge in [0.1, 0.15) is 11.1 Å². The lowest BCUT2D eigenvalue weighted by Crippen LogP contribution is -2.27. The van der Waals surface area contributed by atoms with Crippen molar-refractivity contribution in [2.45, 2.75) is 24.5 Å². The standard InChI is InChI=1S/C17H17N5O3S/c1-2-25-13-6-4-3-5-12(13)19-14(23)7-10-9-26-17-20-15-11(8-18-21-15)16(24)22(10)17/h3-6,8,10H,2,7,9H2,1H3,(H,18,21)(H,19,23). The van der Waals surface area contributed by atoms with E-state index in [0.717, 1.165) is 0 Å². The SMILES string of the molecule is CCOc1ccccc1NC(=O)CC1CSc2nc3[nH]ncc3c(=O)n21. The summed E-state index contributed by atoms with van der Waals surface area (Å²) in [7, 11) is 0. The average molecular weight is 371 g/mol. The Morgan fingerprint density at radius 1 is 1.46 bits per heavy atom. The highest BCUT2D eigenvalue weighted by atomic mass is 32.2. The summed E-state index contributed by atoms with van der Waals surface area (Å²) in [6, 6.07) is 7.05. The van der Waals surface area contributed by atoms with Crippen LogP contribution in [0.25, 0.3) is 11.0 Å². The molecule has 1 aliphatic rings. The molecule has 0 bridgehead atoms. The number of aromatic nitrogens is 4. The number of benzene rings is 1. The molecule has 1 aliphatic heterocycles. The molecule has 4 rings (SSSR count). The summed E-state index contributed by atoms with van der Waals surface area (Å²) in [5.74, 6) is 1.08. The van der Waals surface area contributed by atoms with Crippen molar-refractivity contribution < 1.29 is 9.53 Å². The van der Waals surface area contributed by atoms with Crippen LogP contribution in [-0.4, -0.2) is 38.0 Å². The van der Waals surface area contributed by atoms with Gasteiger partial charge in [-0.05, 0) is 19.1 Å². The molecule has 2 N–H and O–H groups in total. The molecule has 2 aromatic heterocycles. The summed E-state index contributed by atoms with van der Waals surface area (Å²) in [6.45, 7) is 2.41. The van der Waals surface area contributed by atoms with Gasteiger partial charge in [-0.1, -0.05) is 23.9 Å². The lowest BCUT2D eigenvalue weighted by atomic mass is 10.2. The van der Waals surface area contributed by atoms with E-state index in [-0.39, 0.29) is 23.9 Å². The Bertz CT molecular complexity index is 1030. The number of rotatable bonds is 5. The van der Waals surface area contributed by atoms with Crippen molar-refractivity contribution in [3.8, 4) is 5.75 Å². The van der Waals surface area contributed by atoms with Crippen molar-refractivity contribution in [1.29, 1.82) is 0 Å². The van der Waals surface area contributed by atoms with Crippen LogP contribution in [0.15, 0.2) is 40.4 Å². The number of anilines is 1. The molecule has 3 heterocycles. The predicted molar refractivity (Wildman–Crippen MR) is 98.8 cm³/mol. The fourth-order valence-corrected chi connectivity index (χ4v) is 4.11. The van der Waals surface area contributed by atoms with Gasteiger partial charge in [-0.2, -0.15) is 5.10 Å². The van der Waals surface area contributed by atoms with E-state index < -0.39 is 0 Å². The molecule has 26 heavy (non-hydrogen) atoms. The number of thioether (sulfide) groups is 1. The Morgan fingerprint density at radius 2 is 2.31 bits per heavy atom. The van der Waals surface area contributed by atoms with Gasteiger partial charge in [0.2, 0.25) is 5.91 Å². The van der Waals surface area contributed by atoms with Gasteiger partial charge in [-0.15, -0.1) is 0 Å². The van der Waals surface area contributed by atoms with E-state index >= 15 is 0 Å². The predicted octanol–water partition coefficient (Wildman–Crippen LogP) is 2.19. The smallest absolute Gasteiger partial charge is 0.265 e. The molecule has 0 saturated carbocycles. The van der Waals surface area contributed by atoms with Crippen LogP contribution in [0.4, 0.5) is 5.69 Å². The Morgan fingerprint density at radius 3 is 3.15 bits per heavy atom. The van der Waals surface area contributed by atoms with Gasteiger partial charge in [-0.3, -0.25) is 19.3 Å². The molecule has 1 atom stereocenters. The van der Waals surface area contributed by atoms with Crippen molar-refractivity contribution >= 4 is 34.4 Å². The second kappa shape index (κ2) is 6.83. The number of hydrogen-bond acceptors (Lipinski definition) is 6. The first-order valence-corrected chi connectivity index (χ1v) is 9.26. The summed E-state index contributed by atoms with van der Waals surface area (Å²) in [5, 5.41) is 10.5. The fourth-order valence-electron chi connectivity index (χ4n) is 2.97. The van der Waals surface area contributed by atoms with Crippen LogP contribution in [0.2, 0.25) is 0 Å². The van der Waals surface area contributed by atoms with Gasteiger partial charge >= 0.3 is 0 Å². The maximum Gasteiger partial charge on any atom is 0.265 e. The highest BCUT2D eigenvalue weighted by Crippen LogP contribution is 2.33. The van der Waals surface area contributed by atoms with Crippen molar-refractivity contribution in [3.05, 3.63) is 40.8 Å². The van der Waals surface area contributed by atoms with Gasteiger partial charge in [0, 0.05) is 12.2 Å². The Balaban J connectivity index is 1.55. The quantitative estimate of drug-likeness (QED) is 0.667. The second-order valence-corrected chi connectivity index (χ2v) is 6.84. The first kappa shape index (κ1) is 16.6. The van der Waals surface area contributed by atoms with Gasteiger partial charge < -0.3 is 10.1 Å². The number of hydrogen-bond donors (Lipinski definition) is 2. The molecule has 0 radical (unpaired) electrons. The monoisotopic (exact) mass is 371 g/mol. The van der Waals surface area contributed by atoms with Crippen molar-refractivity contribution in [2.24, 2.45) is 0 Å². The molecular weight excluding hydrogens is 354 g/mol. The molecular formula is C17H17N5O3S. The van der Waals surface area contributed by atoms with Gasteiger partial charge in [0.15, 0.2) is 10.8 Å². The number of carbonyl (C=O) groups is 1. The van der Waals surface area contributed by atoms with Gasteiger partial charge in [0.05, 0.1) is 24.5 Å². The number of fused-ring (bicyclic) bond motifs is 2. The van der Waals surface area contributed by atoms with E-state index in [0.29, 0.717) is 40.0 Å². The maximum absolute atomic E-state index is 12.7. The molecule has 8 nitrogen and oxygen atoms in total. The largest absolute Gasteiger partial charge is 0.492 e. The number of para-hydroxylation sites is 2. The number of amides is 1. The third-order valence-corrected chi connectivity index (χ3v) is 5.23. The summed E-state index contributed by atoms with van der Waals surface area (Å²) >= 11 is 1.47. The van der Waals surface area contributed by atoms with Crippen LogP contribution < -0.4 is 15.6 Å². The zero-order chi connectivity index (χ0) is 18.1. The van der Waals surface area contributed by atoms with E-state index in [1.54, 1.807) is 10.6 Å². The number of H-pyrrole nitrogens is 1. The first-order chi connectivity index (χ1) is 12.7. The Kier molecular flexibility index (Phi) is 4.37. The Hall–Kier alpha value is -2.81. The highest BCUT2D eigenvalue weighted by molar-refractivity contribution is 7.99. The van der Waals surface area contributed by atoms with E-state index in [2.05, 4.69) is 20.5 Å². The first-order valence-electron chi connectivity index (χ1n) is 8.27. The van der Waals surface area contributed by atoms with Gasteiger partial charge in [0.25, 0.3) is 5.56 Å². The van der Waals surface area contributed by atoms with Crippen LogP contribution >= 0.6 is 11.8 Å². The molecule has 0 saturated heterocycles. The minimum Gasteiger partial charge on any atom is -0.492 e. The van der Waals surface area contributed by atoms with Crippen molar-refractivity contribution in [1.82, 2.24) is 19.7 Å². The minimum atomic E-state index is -0.242. The molecule has 3 aromatic rings. The number of nitrogens with zero attached hydrogens (tertiary/aromatic N) is 3. The summed E-state index contributed by atoms with van der Waals surface area (Å²) < 4.78 is 7.12. The maximum atomic E-state index is 12.7. The van der Waals surface area contributed by atoms with Crippen molar-refractivity contribution in [3.63, 3.8) is 0 Å². The summed E-state index contributed by atoms with van der Waals surface area (Å²) in [6.07, 6.45) is 1.65. The third-order valence-electron chi connectivity index (χ3n) is 4.13. The van der Waals surface area contributed by atoms with Crippen molar-refractivity contribution in [2.75, 3.05) is 17.7 Å². The fraction of sp³-hybridized carbons (Fsp3) is 0.294. The number of carbonyl (C=O) groups excluding carboxylic acids is 1. The molecule has 1 unspecified atom stereocenters. The lowest BCUT2D eigenvalue weighted by molar-refractivity contribution is -0.116. The van der Waals surface area contributed by atoms with Gasteiger partial charge in [-0.25, -0.2) is 4.98 Å². The topological polar surface area (TPSA) is 102 Å². The number of aromatic amines is 1. The normalized spacial score (nSPS) is 15.8. The summed E-state index contributed by atoms with van der Waals surface area (Å²) in [4.78, 5) is 29.6. The van der Waals surface area contributed by atoms with Crippen LogP contribution in [0, 0.1) is 0 Å². The molecule has 1 aromatic carbocycles. The lowest BCUT2D eigenvalue weighted by Gasteiger charge is -2.15. The third kappa shape index (κ3) is 2.94. The molecule has 134 valence electrons. The van der Waals surface area contributed by atoms with Crippen LogP contribution in [0.3, 0.4) is 0 Å². The molecule has 9 heteroatoms.